The standard InChI is InChI=1S/C32H48ClN3O9/c1-11-18(2)12-21-13-22(27(33)23(14-21)42-10)36(8)26(37)15-24(43-28(38)19(3)34-7)30(5)17-31(6,45-30)25-16-32(40,20(4)41-9)35-29(39)44-25/h11,13-14,19-20,24-25,34,40H,12,15-17H2,1-10H3,(H,35,39)/b18-11+/t19-,20+,24-,25-,30+,31+,32-/m0/s1. The average Bonchev–Trinajstić information content (AvgIpc) is 2.98. The van der Waals surface area contributed by atoms with Gasteiger partial charge in [0.2, 0.25) is 5.91 Å². The van der Waals surface area contributed by atoms with Gasteiger partial charge in [-0.25, -0.2) is 4.79 Å². The first-order valence-corrected chi connectivity index (χ1v) is 15.4. The lowest BCUT2D eigenvalue weighted by molar-refractivity contribution is -0.328. The Balaban J connectivity index is 1.88. The summed E-state index contributed by atoms with van der Waals surface area (Å²) in [4.78, 5) is 40.6. The summed E-state index contributed by atoms with van der Waals surface area (Å²) in [7, 11) is 6.17. The Kier molecular flexibility index (Phi) is 11.6. The summed E-state index contributed by atoms with van der Waals surface area (Å²) in [6.07, 6.45) is -0.704. The van der Waals surface area contributed by atoms with E-state index < -0.39 is 53.3 Å². The van der Waals surface area contributed by atoms with Crippen molar-refractivity contribution in [1.29, 1.82) is 0 Å². The lowest BCUT2D eigenvalue weighted by Crippen LogP contribution is -2.72. The molecule has 0 radical (unpaired) electrons. The predicted molar refractivity (Wildman–Crippen MR) is 170 cm³/mol. The minimum atomic E-state index is -1.68. The molecule has 3 N–H and O–H groups in total. The third-order valence-electron chi connectivity index (χ3n) is 9.04. The molecule has 0 unspecified atom stereocenters. The molecular formula is C32H48ClN3O9. The number of nitrogens with one attached hydrogen (secondary N) is 2. The summed E-state index contributed by atoms with van der Waals surface area (Å²) in [6, 6.07) is 3.04. The highest BCUT2D eigenvalue weighted by Crippen LogP contribution is 2.50. The van der Waals surface area contributed by atoms with Gasteiger partial charge in [0.05, 0.1) is 19.2 Å². The maximum absolute atomic E-state index is 13.8. The van der Waals surface area contributed by atoms with E-state index in [1.165, 1.54) is 19.1 Å². The van der Waals surface area contributed by atoms with Crippen LogP contribution in [0, 0.1) is 0 Å². The van der Waals surface area contributed by atoms with Crippen LogP contribution in [0.25, 0.3) is 0 Å². The lowest BCUT2D eigenvalue weighted by atomic mass is 9.72. The summed E-state index contributed by atoms with van der Waals surface area (Å²) in [6.45, 7) is 10.8. The van der Waals surface area contributed by atoms with Gasteiger partial charge < -0.3 is 39.0 Å². The second kappa shape index (κ2) is 14.3. The van der Waals surface area contributed by atoms with Crippen LogP contribution >= 0.6 is 11.6 Å². The van der Waals surface area contributed by atoms with Crippen LogP contribution in [0.2, 0.25) is 5.02 Å². The van der Waals surface area contributed by atoms with Gasteiger partial charge >= 0.3 is 12.1 Å². The van der Waals surface area contributed by atoms with E-state index in [1.54, 1.807) is 41.8 Å². The van der Waals surface area contributed by atoms with Crippen LogP contribution in [-0.4, -0.2) is 92.7 Å². The van der Waals surface area contributed by atoms with Gasteiger partial charge in [0.15, 0.2) is 5.72 Å². The number of halogens is 1. The van der Waals surface area contributed by atoms with E-state index in [-0.39, 0.29) is 30.2 Å². The van der Waals surface area contributed by atoms with Crippen LogP contribution in [0.15, 0.2) is 23.8 Å². The second-order valence-corrected chi connectivity index (χ2v) is 12.8. The van der Waals surface area contributed by atoms with Crippen LogP contribution in [0.4, 0.5) is 10.5 Å². The molecule has 1 aromatic rings. The highest BCUT2D eigenvalue weighted by atomic mass is 35.5. The number of hydrogen-bond donors (Lipinski definition) is 3. The molecule has 252 valence electrons. The number of nitrogens with zero attached hydrogens (tertiary/aromatic N) is 1. The number of amides is 2. The van der Waals surface area contributed by atoms with Gasteiger partial charge in [0, 0.05) is 27.0 Å². The number of carbonyl (C=O) groups excluding carboxylic acids is 3. The van der Waals surface area contributed by atoms with E-state index in [1.807, 2.05) is 32.1 Å². The quantitative estimate of drug-likeness (QED) is 0.212. The number of allylic oxidation sites excluding steroid dienone is 2. The molecule has 7 atom stereocenters. The van der Waals surface area contributed by atoms with Gasteiger partial charge in [0.1, 0.15) is 46.3 Å². The van der Waals surface area contributed by atoms with Crippen molar-refractivity contribution in [1.82, 2.24) is 10.6 Å². The molecular weight excluding hydrogens is 606 g/mol. The first-order chi connectivity index (χ1) is 20.9. The molecule has 0 aromatic heterocycles. The largest absolute Gasteiger partial charge is 0.495 e. The normalized spacial score (nSPS) is 28.6. The summed E-state index contributed by atoms with van der Waals surface area (Å²) in [5.74, 6) is -0.497. The van der Waals surface area contributed by atoms with E-state index in [9.17, 15) is 19.5 Å². The maximum atomic E-state index is 13.8. The highest BCUT2D eigenvalue weighted by Gasteiger charge is 2.63. The van der Waals surface area contributed by atoms with Crippen molar-refractivity contribution >= 4 is 35.3 Å². The van der Waals surface area contributed by atoms with Gasteiger partial charge in [-0.2, -0.15) is 0 Å². The number of alkyl carbamates (subject to hydrolysis) is 1. The zero-order valence-corrected chi connectivity index (χ0v) is 28.7. The first kappa shape index (κ1) is 36.6. The smallest absolute Gasteiger partial charge is 0.409 e. The Morgan fingerprint density at radius 3 is 2.49 bits per heavy atom. The molecule has 0 bridgehead atoms. The van der Waals surface area contributed by atoms with E-state index in [4.69, 9.17) is 35.3 Å². The highest BCUT2D eigenvalue weighted by molar-refractivity contribution is 6.35. The Bertz CT molecular complexity index is 1300. The van der Waals surface area contributed by atoms with Gasteiger partial charge in [-0.3, -0.25) is 14.9 Å². The van der Waals surface area contributed by atoms with Crippen molar-refractivity contribution in [2.24, 2.45) is 0 Å². The van der Waals surface area contributed by atoms with E-state index >= 15 is 0 Å². The number of aliphatic hydroxyl groups is 1. The number of rotatable bonds is 13. The molecule has 2 aliphatic heterocycles. The average molecular weight is 654 g/mol. The molecule has 0 spiro atoms. The van der Waals surface area contributed by atoms with E-state index in [0.717, 1.165) is 11.1 Å². The number of ether oxygens (including phenoxy) is 5. The van der Waals surface area contributed by atoms with Crippen LogP contribution < -0.4 is 20.3 Å². The number of esters is 1. The topological polar surface area (TPSA) is 145 Å². The monoisotopic (exact) mass is 653 g/mol. The molecule has 2 fully saturated rings. The minimum absolute atomic E-state index is 0.00734. The molecule has 45 heavy (non-hydrogen) atoms. The van der Waals surface area contributed by atoms with Crippen molar-refractivity contribution < 1.29 is 43.2 Å². The number of methoxy groups -OCH3 is 2. The number of cyclic esters (lactones) is 1. The SMILES string of the molecule is C/C=C(\C)Cc1cc(OC)c(Cl)c(N(C)C(=O)C[C@H](OC(=O)[C@H](C)NC)[C@@]2(C)C[C@](C)([C@@H]3C[C@](O)([C@@H](C)OC)NC(=O)O3)O2)c1. The number of hydrogen-bond acceptors (Lipinski definition) is 10. The van der Waals surface area contributed by atoms with E-state index in [0.29, 0.717) is 17.9 Å². The molecule has 0 saturated carbocycles. The van der Waals surface area contributed by atoms with Crippen LogP contribution in [-0.2, 0) is 35.0 Å². The minimum Gasteiger partial charge on any atom is -0.495 e. The van der Waals surface area contributed by atoms with Crippen LogP contribution in [0.3, 0.4) is 0 Å². The first-order valence-electron chi connectivity index (χ1n) is 15.0. The number of anilines is 1. The molecule has 2 aliphatic rings. The second-order valence-electron chi connectivity index (χ2n) is 12.5. The summed E-state index contributed by atoms with van der Waals surface area (Å²) < 4.78 is 28.6. The zero-order valence-electron chi connectivity index (χ0n) is 27.9. The summed E-state index contributed by atoms with van der Waals surface area (Å²) >= 11 is 6.66. The van der Waals surface area contributed by atoms with Crippen LogP contribution in [0.1, 0.15) is 66.4 Å². The predicted octanol–water partition coefficient (Wildman–Crippen LogP) is 3.89. The maximum Gasteiger partial charge on any atom is 0.409 e. The Hall–Kier alpha value is -2.90. The molecule has 2 heterocycles. The fourth-order valence-corrected chi connectivity index (χ4v) is 6.14. The van der Waals surface area contributed by atoms with Crippen molar-refractivity contribution in [2.75, 3.05) is 33.2 Å². The molecule has 12 nitrogen and oxygen atoms in total. The van der Waals surface area contributed by atoms with E-state index in [2.05, 4.69) is 10.6 Å². The fraction of sp³-hybridized carbons (Fsp3) is 0.656. The van der Waals surface area contributed by atoms with Crippen molar-refractivity contribution in [2.45, 2.75) is 109 Å². The summed E-state index contributed by atoms with van der Waals surface area (Å²) in [5.41, 5.74) is -1.35. The fourth-order valence-electron chi connectivity index (χ4n) is 5.82. The molecule has 0 aliphatic carbocycles. The number of carbonyl (C=O) groups is 3. The number of benzene rings is 1. The van der Waals surface area contributed by atoms with Crippen molar-refractivity contribution in [3.63, 3.8) is 0 Å². The molecule has 2 amide bonds. The third kappa shape index (κ3) is 7.91. The Morgan fingerprint density at radius 2 is 1.93 bits per heavy atom. The third-order valence-corrected chi connectivity index (χ3v) is 9.42. The number of likely N-dealkylation sites (N-methyl/N-ethyl adjacent to an activating group) is 1. The van der Waals surface area contributed by atoms with Gasteiger partial charge in [-0.15, -0.1) is 0 Å². The lowest BCUT2D eigenvalue weighted by Gasteiger charge is -2.59. The zero-order chi connectivity index (χ0) is 33.9. The molecule has 3 rings (SSSR count). The molecule has 1 aromatic carbocycles. The van der Waals surface area contributed by atoms with Gasteiger partial charge in [-0.1, -0.05) is 23.3 Å². The van der Waals surface area contributed by atoms with Gasteiger partial charge in [0.25, 0.3) is 0 Å². The molecule has 13 heteroatoms. The Morgan fingerprint density at radius 1 is 1.29 bits per heavy atom. The Labute approximate surface area is 270 Å². The molecule has 2 saturated heterocycles. The van der Waals surface area contributed by atoms with Crippen LogP contribution in [0.5, 0.6) is 5.75 Å². The van der Waals surface area contributed by atoms with Crippen molar-refractivity contribution in [3.8, 4) is 5.75 Å². The summed E-state index contributed by atoms with van der Waals surface area (Å²) in [5, 5.41) is 16.7. The van der Waals surface area contributed by atoms with Crippen molar-refractivity contribution in [3.05, 3.63) is 34.4 Å². The van der Waals surface area contributed by atoms with Gasteiger partial charge in [-0.05, 0) is 72.7 Å².